The van der Waals surface area contributed by atoms with E-state index in [-0.39, 0.29) is 5.78 Å². The van der Waals surface area contributed by atoms with Crippen LogP contribution in [0.15, 0.2) is 12.1 Å². The lowest BCUT2D eigenvalue weighted by atomic mass is 10.1. The average Bonchev–Trinajstić information content (AvgIpc) is 2.20. The molecule has 0 atom stereocenters. The van der Waals surface area contributed by atoms with Gasteiger partial charge in [-0.2, -0.15) is 0 Å². The standard InChI is InChI=1S/C15H22O2/c1-11-9-12(2)15(13(3)10-11)17-8-6-5-7-14(4)16/h9-10H,5-8H2,1-4H3. The summed E-state index contributed by atoms with van der Waals surface area (Å²) in [6.45, 7) is 8.57. The minimum Gasteiger partial charge on any atom is -0.493 e. The van der Waals surface area contributed by atoms with E-state index in [0.717, 1.165) is 18.6 Å². The first-order valence-corrected chi connectivity index (χ1v) is 6.21. The van der Waals surface area contributed by atoms with E-state index in [1.54, 1.807) is 6.92 Å². The number of aryl methyl sites for hydroxylation is 3. The van der Waals surface area contributed by atoms with Crippen molar-refractivity contribution >= 4 is 5.78 Å². The number of unbranched alkanes of at least 4 members (excludes halogenated alkanes) is 1. The van der Waals surface area contributed by atoms with Crippen LogP contribution in [-0.4, -0.2) is 12.4 Å². The predicted molar refractivity (Wildman–Crippen MR) is 70.7 cm³/mol. The van der Waals surface area contributed by atoms with Crippen LogP contribution in [0, 0.1) is 20.8 Å². The lowest BCUT2D eigenvalue weighted by Gasteiger charge is -2.12. The van der Waals surface area contributed by atoms with Gasteiger partial charge in [0.25, 0.3) is 0 Å². The number of benzene rings is 1. The molecule has 0 amide bonds. The minimum absolute atomic E-state index is 0.257. The van der Waals surface area contributed by atoms with Crippen LogP contribution >= 0.6 is 0 Å². The molecule has 0 heterocycles. The van der Waals surface area contributed by atoms with Crippen molar-refractivity contribution in [3.63, 3.8) is 0 Å². The lowest BCUT2D eigenvalue weighted by molar-refractivity contribution is -0.117. The molecule has 0 fully saturated rings. The molecule has 1 aromatic carbocycles. The number of ether oxygens (including phenoxy) is 1. The summed E-state index contributed by atoms with van der Waals surface area (Å²) in [5, 5.41) is 0. The molecule has 0 spiro atoms. The Morgan fingerprint density at radius 1 is 1.12 bits per heavy atom. The van der Waals surface area contributed by atoms with Gasteiger partial charge in [-0.3, -0.25) is 0 Å². The van der Waals surface area contributed by atoms with E-state index in [2.05, 4.69) is 32.9 Å². The summed E-state index contributed by atoms with van der Waals surface area (Å²) < 4.78 is 5.79. The van der Waals surface area contributed by atoms with Crippen LogP contribution in [0.25, 0.3) is 0 Å². The van der Waals surface area contributed by atoms with Crippen LogP contribution in [0.3, 0.4) is 0 Å². The summed E-state index contributed by atoms with van der Waals surface area (Å²) in [5.41, 5.74) is 3.65. The van der Waals surface area contributed by atoms with Crippen molar-refractivity contribution in [2.24, 2.45) is 0 Å². The first-order chi connectivity index (χ1) is 8.00. The molecule has 0 aliphatic carbocycles. The van der Waals surface area contributed by atoms with Crippen LogP contribution in [0.1, 0.15) is 42.9 Å². The van der Waals surface area contributed by atoms with Gasteiger partial charge in [-0.25, -0.2) is 0 Å². The van der Waals surface area contributed by atoms with E-state index < -0.39 is 0 Å². The van der Waals surface area contributed by atoms with E-state index in [1.807, 2.05) is 0 Å². The molecule has 2 nitrogen and oxygen atoms in total. The molecule has 0 aliphatic heterocycles. The van der Waals surface area contributed by atoms with E-state index in [4.69, 9.17) is 4.74 Å². The maximum atomic E-state index is 10.8. The highest BCUT2D eigenvalue weighted by atomic mass is 16.5. The Morgan fingerprint density at radius 3 is 2.24 bits per heavy atom. The highest BCUT2D eigenvalue weighted by molar-refractivity contribution is 5.75. The highest BCUT2D eigenvalue weighted by Crippen LogP contribution is 2.24. The van der Waals surface area contributed by atoms with Gasteiger partial charge in [0.15, 0.2) is 0 Å². The fourth-order valence-corrected chi connectivity index (χ4v) is 2.04. The van der Waals surface area contributed by atoms with Gasteiger partial charge in [0.05, 0.1) is 6.61 Å². The van der Waals surface area contributed by atoms with Gasteiger partial charge in [-0.05, 0) is 51.7 Å². The topological polar surface area (TPSA) is 26.3 Å². The third-order valence-electron chi connectivity index (χ3n) is 2.77. The maximum absolute atomic E-state index is 10.8. The van der Waals surface area contributed by atoms with Crippen molar-refractivity contribution in [1.82, 2.24) is 0 Å². The number of hydrogen-bond acceptors (Lipinski definition) is 2. The highest BCUT2D eigenvalue weighted by Gasteiger charge is 2.04. The summed E-state index contributed by atoms with van der Waals surface area (Å²) in [6.07, 6.45) is 2.51. The van der Waals surface area contributed by atoms with E-state index in [9.17, 15) is 4.79 Å². The Morgan fingerprint density at radius 2 is 1.71 bits per heavy atom. The first kappa shape index (κ1) is 13.8. The summed E-state index contributed by atoms with van der Waals surface area (Å²) in [7, 11) is 0. The smallest absolute Gasteiger partial charge is 0.129 e. The van der Waals surface area contributed by atoms with E-state index >= 15 is 0 Å². The van der Waals surface area contributed by atoms with Crippen molar-refractivity contribution in [3.05, 3.63) is 28.8 Å². The summed E-state index contributed by atoms with van der Waals surface area (Å²) >= 11 is 0. The summed E-state index contributed by atoms with van der Waals surface area (Å²) in [4.78, 5) is 10.8. The first-order valence-electron chi connectivity index (χ1n) is 6.21. The average molecular weight is 234 g/mol. The van der Waals surface area contributed by atoms with Gasteiger partial charge in [-0.1, -0.05) is 17.7 Å². The van der Waals surface area contributed by atoms with E-state index in [1.165, 1.54) is 16.7 Å². The Labute approximate surface area is 104 Å². The summed E-state index contributed by atoms with van der Waals surface area (Å²) in [6, 6.07) is 4.27. The number of carbonyl (C=O) groups is 1. The molecule has 1 rings (SSSR count). The zero-order valence-electron chi connectivity index (χ0n) is 11.3. The lowest BCUT2D eigenvalue weighted by Crippen LogP contribution is -2.02. The third kappa shape index (κ3) is 4.59. The molecule has 94 valence electrons. The monoisotopic (exact) mass is 234 g/mol. The number of ketones is 1. The molecule has 0 aromatic heterocycles. The quantitative estimate of drug-likeness (QED) is 0.701. The second kappa shape index (κ2) is 6.43. The van der Waals surface area contributed by atoms with Crippen molar-refractivity contribution < 1.29 is 9.53 Å². The molecule has 0 saturated carbocycles. The SMILES string of the molecule is CC(=O)CCCCOc1c(C)cc(C)cc1C. The zero-order chi connectivity index (χ0) is 12.8. The van der Waals surface area contributed by atoms with Crippen LogP contribution in [0.4, 0.5) is 0 Å². The molecular weight excluding hydrogens is 212 g/mol. The van der Waals surface area contributed by atoms with E-state index in [0.29, 0.717) is 13.0 Å². The molecule has 0 saturated heterocycles. The van der Waals surface area contributed by atoms with Crippen LogP contribution < -0.4 is 4.74 Å². The normalized spacial score (nSPS) is 10.4. The van der Waals surface area contributed by atoms with Gasteiger partial charge in [0, 0.05) is 6.42 Å². The minimum atomic E-state index is 0.257. The maximum Gasteiger partial charge on any atom is 0.129 e. The van der Waals surface area contributed by atoms with Crippen molar-refractivity contribution in [3.8, 4) is 5.75 Å². The fraction of sp³-hybridized carbons (Fsp3) is 0.533. The third-order valence-corrected chi connectivity index (χ3v) is 2.77. The molecule has 0 unspecified atom stereocenters. The van der Waals surface area contributed by atoms with Crippen LogP contribution in [-0.2, 0) is 4.79 Å². The molecular formula is C15H22O2. The number of rotatable bonds is 6. The number of Topliss-reactive ketones (excluding diaryl/α,β-unsaturated/α-hetero) is 1. The van der Waals surface area contributed by atoms with Crippen molar-refractivity contribution in [1.29, 1.82) is 0 Å². The molecule has 2 heteroatoms. The molecule has 17 heavy (non-hydrogen) atoms. The molecule has 1 aromatic rings. The molecule has 0 aliphatic rings. The number of hydrogen-bond donors (Lipinski definition) is 0. The molecule has 0 bridgehead atoms. The van der Waals surface area contributed by atoms with Crippen LogP contribution in [0.2, 0.25) is 0 Å². The fourth-order valence-electron chi connectivity index (χ4n) is 2.04. The van der Waals surface area contributed by atoms with Crippen molar-refractivity contribution in [2.75, 3.05) is 6.61 Å². The molecule has 0 N–H and O–H groups in total. The Bertz CT molecular complexity index is 371. The second-order valence-corrected chi connectivity index (χ2v) is 4.74. The second-order valence-electron chi connectivity index (χ2n) is 4.74. The van der Waals surface area contributed by atoms with Gasteiger partial charge in [-0.15, -0.1) is 0 Å². The number of carbonyl (C=O) groups excluding carboxylic acids is 1. The Kier molecular flexibility index (Phi) is 5.20. The Balaban J connectivity index is 2.44. The summed E-state index contributed by atoms with van der Waals surface area (Å²) in [5.74, 6) is 1.26. The van der Waals surface area contributed by atoms with Gasteiger partial charge in [0.1, 0.15) is 11.5 Å². The van der Waals surface area contributed by atoms with Crippen molar-refractivity contribution in [2.45, 2.75) is 47.0 Å². The molecule has 0 radical (unpaired) electrons. The van der Waals surface area contributed by atoms with Gasteiger partial charge >= 0.3 is 0 Å². The Hall–Kier alpha value is -1.31. The van der Waals surface area contributed by atoms with Crippen LogP contribution in [0.5, 0.6) is 5.75 Å². The van der Waals surface area contributed by atoms with Gasteiger partial charge in [0.2, 0.25) is 0 Å². The largest absolute Gasteiger partial charge is 0.493 e. The van der Waals surface area contributed by atoms with Gasteiger partial charge < -0.3 is 9.53 Å². The predicted octanol–water partition coefficient (Wildman–Crippen LogP) is 3.75. The zero-order valence-corrected chi connectivity index (χ0v) is 11.3.